The van der Waals surface area contributed by atoms with Crippen molar-refractivity contribution in [1.82, 2.24) is 19.7 Å². The van der Waals surface area contributed by atoms with E-state index < -0.39 is 0 Å². The van der Waals surface area contributed by atoms with Gasteiger partial charge in [-0.15, -0.1) is 0 Å². The van der Waals surface area contributed by atoms with Crippen molar-refractivity contribution in [2.24, 2.45) is 12.9 Å². The second-order valence-corrected chi connectivity index (χ2v) is 10.0. The normalized spacial score (nSPS) is 19.6. The van der Waals surface area contributed by atoms with E-state index in [-0.39, 0.29) is 23.8 Å². The Balaban J connectivity index is 1.54. The van der Waals surface area contributed by atoms with Gasteiger partial charge in [-0.2, -0.15) is 5.10 Å². The van der Waals surface area contributed by atoms with Gasteiger partial charge in [0.15, 0.2) is 0 Å². The molecule has 1 saturated heterocycles. The van der Waals surface area contributed by atoms with Gasteiger partial charge in [-0.05, 0) is 42.0 Å². The third-order valence-corrected chi connectivity index (χ3v) is 7.90. The van der Waals surface area contributed by atoms with Crippen LogP contribution in [0.2, 0.25) is 0 Å². The smallest absolute Gasteiger partial charge is 0.259 e. The van der Waals surface area contributed by atoms with E-state index in [1.54, 1.807) is 22.7 Å². The number of amides is 2. The summed E-state index contributed by atoms with van der Waals surface area (Å²) in [4.78, 5) is 29.4. The van der Waals surface area contributed by atoms with E-state index >= 15 is 0 Å². The molecule has 0 aliphatic carbocycles. The number of hydrazine groups is 1. The molecule has 3 aliphatic rings. The molecule has 1 atom stereocenters. The average Bonchev–Trinajstić information content (AvgIpc) is 3.47. The second kappa shape index (κ2) is 10.1. The van der Waals surface area contributed by atoms with E-state index in [2.05, 4.69) is 18.1 Å². The molecule has 2 aromatic rings. The Morgan fingerprint density at radius 1 is 1.28 bits per heavy atom. The van der Waals surface area contributed by atoms with Gasteiger partial charge in [-0.3, -0.25) is 14.3 Å². The molecule has 1 unspecified atom stereocenters. The fourth-order valence-corrected chi connectivity index (χ4v) is 5.93. The van der Waals surface area contributed by atoms with Gasteiger partial charge >= 0.3 is 0 Å². The Bertz CT molecular complexity index is 1180. The number of carbonyl (C=O) groups excluding carboxylic acids is 2. The third kappa shape index (κ3) is 4.41. The number of hydrogen-bond acceptors (Lipinski definition) is 6. The molecule has 5 rings (SSSR count). The molecule has 1 fully saturated rings. The zero-order chi connectivity index (χ0) is 25.4. The van der Waals surface area contributed by atoms with Crippen molar-refractivity contribution in [1.29, 1.82) is 0 Å². The van der Waals surface area contributed by atoms with Crippen LogP contribution in [0.3, 0.4) is 0 Å². The van der Waals surface area contributed by atoms with E-state index in [4.69, 9.17) is 10.6 Å². The topological polar surface area (TPSA) is 96.9 Å². The molecule has 0 spiro atoms. The molecule has 192 valence electrons. The van der Waals surface area contributed by atoms with Crippen molar-refractivity contribution in [3.05, 3.63) is 58.6 Å². The first-order valence-corrected chi connectivity index (χ1v) is 12.9. The Morgan fingerprint density at radius 3 is 2.72 bits per heavy atom. The van der Waals surface area contributed by atoms with Crippen LogP contribution in [0.1, 0.15) is 66.9 Å². The van der Waals surface area contributed by atoms with Gasteiger partial charge in [0, 0.05) is 76.1 Å². The monoisotopic (exact) mass is 492 g/mol. The van der Waals surface area contributed by atoms with Crippen LogP contribution in [0.25, 0.3) is 0 Å². The Kier molecular flexibility index (Phi) is 6.85. The molecular formula is C27H36N6O3. The zero-order valence-corrected chi connectivity index (χ0v) is 21.4. The lowest BCUT2D eigenvalue weighted by molar-refractivity contribution is -0.128. The standard InChI is InChI=1S/C27H36N6O3/c1-4-21(22-6-5-7-23-24(22)17-32(27(23)35)20-14-29-30(3)15-20)25-16-31(18(2)34)11-8-26(25)33(28)19-9-12-36-13-10-19/h5-7,14-15,19,21H,4,8-13,16-17,28H2,1-3H3. The van der Waals surface area contributed by atoms with Crippen molar-refractivity contribution in [2.45, 2.75) is 58.0 Å². The number of nitrogens with two attached hydrogens (primary N) is 1. The Morgan fingerprint density at radius 2 is 2.06 bits per heavy atom. The quantitative estimate of drug-likeness (QED) is 0.492. The van der Waals surface area contributed by atoms with Gasteiger partial charge < -0.3 is 19.5 Å². The molecule has 1 aromatic carbocycles. The minimum absolute atomic E-state index is 0.000528. The zero-order valence-electron chi connectivity index (χ0n) is 21.4. The van der Waals surface area contributed by atoms with E-state index in [0.29, 0.717) is 19.6 Å². The Hall–Kier alpha value is -3.17. The summed E-state index contributed by atoms with van der Waals surface area (Å²) in [6.45, 7) is 6.98. The summed E-state index contributed by atoms with van der Waals surface area (Å²) in [5.41, 5.74) is 6.06. The summed E-state index contributed by atoms with van der Waals surface area (Å²) < 4.78 is 7.28. The maximum Gasteiger partial charge on any atom is 0.259 e. The maximum absolute atomic E-state index is 13.4. The first-order chi connectivity index (χ1) is 17.4. The first-order valence-electron chi connectivity index (χ1n) is 12.9. The lowest BCUT2D eigenvalue weighted by atomic mass is 9.81. The summed E-state index contributed by atoms with van der Waals surface area (Å²) >= 11 is 0. The fourth-order valence-electron chi connectivity index (χ4n) is 5.93. The number of carbonyl (C=O) groups is 2. The summed E-state index contributed by atoms with van der Waals surface area (Å²) in [6.07, 6.45) is 6.98. The van der Waals surface area contributed by atoms with Crippen LogP contribution < -0.4 is 10.7 Å². The number of anilines is 1. The summed E-state index contributed by atoms with van der Waals surface area (Å²) in [6, 6.07) is 6.26. The number of aryl methyl sites for hydroxylation is 1. The van der Waals surface area contributed by atoms with Crippen molar-refractivity contribution in [2.75, 3.05) is 31.2 Å². The van der Waals surface area contributed by atoms with E-state index in [9.17, 15) is 9.59 Å². The maximum atomic E-state index is 13.4. The van der Waals surface area contributed by atoms with Gasteiger partial charge in [-0.25, -0.2) is 5.84 Å². The number of fused-ring (bicyclic) bond motifs is 1. The lowest BCUT2D eigenvalue weighted by Crippen LogP contribution is -2.48. The Labute approximate surface area is 212 Å². The summed E-state index contributed by atoms with van der Waals surface area (Å²) in [5, 5.41) is 6.22. The third-order valence-electron chi connectivity index (χ3n) is 7.90. The van der Waals surface area contributed by atoms with Crippen LogP contribution >= 0.6 is 0 Å². The molecule has 0 radical (unpaired) electrons. The largest absolute Gasteiger partial charge is 0.381 e. The highest BCUT2D eigenvalue weighted by Crippen LogP contribution is 2.40. The van der Waals surface area contributed by atoms with Crippen LogP contribution in [0.4, 0.5) is 5.69 Å². The highest BCUT2D eigenvalue weighted by atomic mass is 16.5. The van der Waals surface area contributed by atoms with E-state index in [1.165, 1.54) is 5.57 Å². The van der Waals surface area contributed by atoms with Crippen molar-refractivity contribution in [3.8, 4) is 0 Å². The van der Waals surface area contributed by atoms with Crippen LogP contribution in [0.5, 0.6) is 0 Å². The highest BCUT2D eigenvalue weighted by molar-refractivity contribution is 6.10. The predicted octanol–water partition coefficient (Wildman–Crippen LogP) is 2.94. The minimum atomic E-state index is 0.000528. The van der Waals surface area contributed by atoms with Crippen LogP contribution in [-0.2, 0) is 23.1 Å². The number of rotatable bonds is 6. The van der Waals surface area contributed by atoms with Gasteiger partial charge in [0.05, 0.1) is 18.4 Å². The SMILES string of the molecule is CCC(C1=C(N(N)C2CCOCC2)CCN(C(C)=O)C1)c1cccc2c1CN(c1cnn(C)c1)C2=O. The molecule has 0 bridgehead atoms. The van der Waals surface area contributed by atoms with Gasteiger partial charge in [0.1, 0.15) is 0 Å². The summed E-state index contributed by atoms with van der Waals surface area (Å²) in [7, 11) is 1.85. The molecule has 4 heterocycles. The predicted molar refractivity (Wildman–Crippen MR) is 137 cm³/mol. The number of ether oxygens (including phenoxy) is 1. The van der Waals surface area contributed by atoms with Gasteiger partial charge in [-0.1, -0.05) is 19.1 Å². The van der Waals surface area contributed by atoms with Crippen molar-refractivity contribution >= 4 is 17.5 Å². The lowest BCUT2D eigenvalue weighted by Gasteiger charge is -2.41. The van der Waals surface area contributed by atoms with E-state index in [1.807, 2.05) is 35.3 Å². The fraction of sp³-hybridized carbons (Fsp3) is 0.519. The van der Waals surface area contributed by atoms with Crippen LogP contribution in [-0.4, -0.2) is 63.8 Å². The van der Waals surface area contributed by atoms with Crippen molar-refractivity contribution < 1.29 is 14.3 Å². The van der Waals surface area contributed by atoms with Gasteiger partial charge in [0.25, 0.3) is 5.91 Å². The molecule has 9 heteroatoms. The number of benzene rings is 1. The first kappa shape index (κ1) is 24.5. The molecule has 0 saturated carbocycles. The second-order valence-electron chi connectivity index (χ2n) is 10.0. The molecule has 9 nitrogen and oxygen atoms in total. The summed E-state index contributed by atoms with van der Waals surface area (Å²) in [5.74, 6) is 6.92. The molecule has 2 amide bonds. The van der Waals surface area contributed by atoms with Gasteiger partial charge in [0.2, 0.25) is 5.91 Å². The highest BCUT2D eigenvalue weighted by Gasteiger charge is 2.36. The molecule has 1 aromatic heterocycles. The molecular weight excluding hydrogens is 456 g/mol. The molecule has 3 aliphatic heterocycles. The number of hydrogen-bond donors (Lipinski definition) is 1. The molecule has 2 N–H and O–H groups in total. The number of aromatic nitrogens is 2. The minimum Gasteiger partial charge on any atom is -0.381 e. The average molecular weight is 493 g/mol. The molecule has 36 heavy (non-hydrogen) atoms. The van der Waals surface area contributed by atoms with Crippen LogP contribution in [0.15, 0.2) is 41.9 Å². The van der Waals surface area contributed by atoms with E-state index in [0.717, 1.165) is 67.0 Å². The number of nitrogens with zero attached hydrogens (tertiary/aromatic N) is 5. The van der Waals surface area contributed by atoms with Crippen molar-refractivity contribution in [3.63, 3.8) is 0 Å². The van der Waals surface area contributed by atoms with Crippen LogP contribution in [0, 0.1) is 0 Å².